The van der Waals surface area contributed by atoms with E-state index in [2.05, 4.69) is 36.8 Å². The molecule has 0 saturated carbocycles. The van der Waals surface area contributed by atoms with E-state index in [0.717, 1.165) is 20.1 Å². The number of carbonyl (C=O) groups is 1. The minimum Gasteiger partial charge on any atom is -0.487 e. The predicted octanol–water partition coefficient (Wildman–Crippen LogP) is 4.20. The summed E-state index contributed by atoms with van der Waals surface area (Å²) >= 11 is 6.93. The third kappa shape index (κ3) is 4.82. The van der Waals surface area contributed by atoms with Crippen LogP contribution in [0.15, 0.2) is 45.6 Å². The van der Waals surface area contributed by atoms with Gasteiger partial charge in [0, 0.05) is 18.8 Å². The fraction of sp³-hybridized carbons (Fsp3) is 0.200. The number of aliphatic carboxylic acids is 1. The van der Waals surface area contributed by atoms with E-state index in [1.807, 2.05) is 24.3 Å². The summed E-state index contributed by atoms with van der Waals surface area (Å²) in [5.41, 5.74) is 1.96. The molecule has 0 amide bonds. The quantitative estimate of drug-likeness (QED) is 0.769. The highest BCUT2D eigenvalue weighted by Gasteiger charge is 2.10. The van der Waals surface area contributed by atoms with Crippen molar-refractivity contribution in [2.24, 2.45) is 0 Å². The molecular formula is C15H13Br2NO3. The van der Waals surface area contributed by atoms with Crippen molar-refractivity contribution in [2.75, 3.05) is 0 Å². The van der Waals surface area contributed by atoms with Crippen molar-refractivity contribution < 1.29 is 14.6 Å². The van der Waals surface area contributed by atoms with Crippen LogP contribution in [0.3, 0.4) is 0 Å². The molecule has 4 nitrogen and oxygen atoms in total. The van der Waals surface area contributed by atoms with E-state index in [4.69, 9.17) is 9.84 Å². The molecule has 0 bridgehead atoms. The Kier molecular flexibility index (Phi) is 5.76. The molecule has 0 unspecified atom stereocenters. The number of aryl methyl sites for hydroxylation is 1. The summed E-state index contributed by atoms with van der Waals surface area (Å²) in [4.78, 5) is 14.6. The van der Waals surface area contributed by atoms with Crippen LogP contribution < -0.4 is 4.74 Å². The molecular weight excluding hydrogens is 402 g/mol. The van der Waals surface area contributed by atoms with E-state index in [0.29, 0.717) is 18.8 Å². The van der Waals surface area contributed by atoms with Crippen molar-refractivity contribution in [1.29, 1.82) is 0 Å². The second-order valence-electron chi connectivity index (χ2n) is 4.43. The highest BCUT2D eigenvalue weighted by atomic mass is 79.9. The van der Waals surface area contributed by atoms with Crippen molar-refractivity contribution in [3.05, 3.63) is 56.7 Å². The van der Waals surface area contributed by atoms with E-state index >= 15 is 0 Å². The van der Waals surface area contributed by atoms with Crippen LogP contribution in [0.25, 0.3) is 0 Å². The highest BCUT2D eigenvalue weighted by Crippen LogP contribution is 2.35. The second-order valence-corrected chi connectivity index (χ2v) is 6.14. The first-order chi connectivity index (χ1) is 10.1. The highest BCUT2D eigenvalue weighted by molar-refractivity contribution is 9.11. The molecule has 0 aliphatic heterocycles. The molecule has 0 aliphatic carbocycles. The third-order valence-corrected chi connectivity index (χ3v) is 4.00. The smallest absolute Gasteiger partial charge is 0.303 e. The first kappa shape index (κ1) is 16.0. The summed E-state index contributed by atoms with van der Waals surface area (Å²) in [6.07, 6.45) is 4.03. The van der Waals surface area contributed by atoms with Gasteiger partial charge in [-0.3, -0.25) is 9.78 Å². The van der Waals surface area contributed by atoms with Gasteiger partial charge in [-0.05, 0) is 73.7 Å². The molecule has 0 spiro atoms. The van der Waals surface area contributed by atoms with E-state index in [9.17, 15) is 4.79 Å². The molecule has 1 aromatic carbocycles. The summed E-state index contributed by atoms with van der Waals surface area (Å²) in [5, 5.41) is 8.73. The van der Waals surface area contributed by atoms with Gasteiger partial charge in [0.1, 0.15) is 12.4 Å². The third-order valence-electron chi connectivity index (χ3n) is 2.82. The fourth-order valence-electron chi connectivity index (χ4n) is 1.78. The van der Waals surface area contributed by atoms with Crippen LogP contribution in [0.5, 0.6) is 5.75 Å². The maximum Gasteiger partial charge on any atom is 0.303 e. The standard InChI is InChI=1S/C15H13Br2NO3/c16-12-7-11(1-2-14(19)20)8-13(17)15(12)21-9-10-3-5-18-6-4-10/h3-8H,1-2,9H2,(H,19,20). The minimum absolute atomic E-state index is 0.107. The molecule has 0 saturated heterocycles. The van der Waals surface area contributed by atoms with E-state index in [1.165, 1.54) is 0 Å². The Morgan fingerprint density at radius 3 is 2.33 bits per heavy atom. The van der Waals surface area contributed by atoms with Crippen molar-refractivity contribution >= 4 is 37.8 Å². The number of benzene rings is 1. The Bertz CT molecular complexity index is 609. The zero-order valence-corrected chi connectivity index (χ0v) is 14.2. The molecule has 1 N–H and O–H groups in total. The van der Waals surface area contributed by atoms with Crippen LogP contribution in [-0.2, 0) is 17.8 Å². The maximum atomic E-state index is 10.6. The van der Waals surface area contributed by atoms with Crippen LogP contribution in [0.4, 0.5) is 0 Å². The van der Waals surface area contributed by atoms with Crippen molar-refractivity contribution in [3.63, 3.8) is 0 Å². The predicted molar refractivity (Wildman–Crippen MR) is 86.4 cm³/mol. The van der Waals surface area contributed by atoms with Crippen LogP contribution in [0.2, 0.25) is 0 Å². The normalized spacial score (nSPS) is 10.4. The molecule has 6 heteroatoms. The number of hydrogen-bond acceptors (Lipinski definition) is 3. The largest absolute Gasteiger partial charge is 0.487 e. The topological polar surface area (TPSA) is 59.4 Å². The molecule has 0 atom stereocenters. The summed E-state index contributed by atoms with van der Waals surface area (Å²) in [5.74, 6) is -0.105. The van der Waals surface area contributed by atoms with Gasteiger partial charge >= 0.3 is 5.97 Å². The van der Waals surface area contributed by atoms with Gasteiger partial charge in [0.05, 0.1) is 8.95 Å². The van der Waals surface area contributed by atoms with Crippen LogP contribution >= 0.6 is 31.9 Å². The molecule has 21 heavy (non-hydrogen) atoms. The Morgan fingerprint density at radius 1 is 1.14 bits per heavy atom. The van der Waals surface area contributed by atoms with Crippen LogP contribution in [0.1, 0.15) is 17.5 Å². The van der Waals surface area contributed by atoms with E-state index in [1.54, 1.807) is 12.4 Å². The van der Waals surface area contributed by atoms with Crippen molar-refractivity contribution in [2.45, 2.75) is 19.4 Å². The number of ether oxygens (including phenoxy) is 1. The summed E-state index contributed by atoms with van der Waals surface area (Å²) < 4.78 is 7.39. The van der Waals surface area contributed by atoms with Crippen LogP contribution in [0, 0.1) is 0 Å². The van der Waals surface area contributed by atoms with Gasteiger partial charge in [-0.15, -0.1) is 0 Å². The van der Waals surface area contributed by atoms with Gasteiger partial charge in [-0.1, -0.05) is 0 Å². The average Bonchev–Trinajstić information content (AvgIpc) is 2.45. The molecule has 2 rings (SSSR count). The van der Waals surface area contributed by atoms with E-state index < -0.39 is 5.97 Å². The lowest BCUT2D eigenvalue weighted by Gasteiger charge is -2.12. The Hall–Kier alpha value is -1.40. The first-order valence-electron chi connectivity index (χ1n) is 6.27. The second kappa shape index (κ2) is 7.56. The molecule has 1 heterocycles. The Balaban J connectivity index is 2.08. The number of carboxylic acids is 1. The molecule has 0 radical (unpaired) electrons. The number of pyridine rings is 1. The van der Waals surface area contributed by atoms with Gasteiger partial charge < -0.3 is 9.84 Å². The van der Waals surface area contributed by atoms with Gasteiger partial charge in [0.15, 0.2) is 0 Å². The van der Waals surface area contributed by atoms with E-state index in [-0.39, 0.29) is 6.42 Å². The number of nitrogens with zero attached hydrogens (tertiary/aromatic N) is 1. The summed E-state index contributed by atoms with van der Waals surface area (Å²) in [6, 6.07) is 7.55. The molecule has 2 aromatic rings. The molecule has 1 aromatic heterocycles. The van der Waals surface area contributed by atoms with Gasteiger partial charge in [-0.25, -0.2) is 0 Å². The lowest BCUT2D eigenvalue weighted by Crippen LogP contribution is -2.00. The average molecular weight is 415 g/mol. The SMILES string of the molecule is O=C(O)CCc1cc(Br)c(OCc2ccncc2)c(Br)c1. The number of hydrogen-bond donors (Lipinski definition) is 1. The summed E-state index contributed by atoms with van der Waals surface area (Å²) in [6.45, 7) is 0.439. The number of aromatic nitrogens is 1. The monoisotopic (exact) mass is 413 g/mol. The number of halogens is 2. The number of rotatable bonds is 6. The van der Waals surface area contributed by atoms with Crippen LogP contribution in [-0.4, -0.2) is 16.1 Å². The molecule has 0 fully saturated rings. The number of carboxylic acid groups (broad SMARTS) is 1. The van der Waals surface area contributed by atoms with Gasteiger partial charge in [0.2, 0.25) is 0 Å². The van der Waals surface area contributed by atoms with Gasteiger partial charge in [0.25, 0.3) is 0 Å². The lowest BCUT2D eigenvalue weighted by molar-refractivity contribution is -0.136. The minimum atomic E-state index is -0.805. The van der Waals surface area contributed by atoms with Crippen molar-refractivity contribution in [1.82, 2.24) is 4.98 Å². The van der Waals surface area contributed by atoms with Crippen molar-refractivity contribution in [3.8, 4) is 5.75 Å². The zero-order chi connectivity index (χ0) is 15.2. The Labute approximate surface area is 139 Å². The molecule has 0 aliphatic rings. The molecule has 110 valence electrons. The van der Waals surface area contributed by atoms with Gasteiger partial charge in [-0.2, -0.15) is 0 Å². The maximum absolute atomic E-state index is 10.6. The lowest BCUT2D eigenvalue weighted by atomic mass is 10.1. The fourth-order valence-corrected chi connectivity index (χ4v) is 3.29. The Morgan fingerprint density at radius 2 is 1.76 bits per heavy atom. The summed E-state index contributed by atoms with van der Waals surface area (Å²) in [7, 11) is 0. The zero-order valence-electron chi connectivity index (χ0n) is 11.1. The first-order valence-corrected chi connectivity index (χ1v) is 7.86.